The maximum Gasteiger partial charge on any atom is 0.164 e. The predicted molar refractivity (Wildman–Crippen MR) is 227 cm³/mol. The first-order valence-corrected chi connectivity index (χ1v) is 18.8. The summed E-state index contributed by atoms with van der Waals surface area (Å²) in [5.41, 5.74) is 9.54. The lowest BCUT2D eigenvalue weighted by Gasteiger charge is -2.30. The van der Waals surface area contributed by atoms with Crippen LogP contribution < -0.4 is 0 Å². The highest BCUT2D eigenvalue weighted by molar-refractivity contribution is 6.08. The molecule has 7 aromatic carbocycles. The van der Waals surface area contributed by atoms with Crippen molar-refractivity contribution in [1.82, 2.24) is 19.9 Å². The molecule has 2 aromatic heterocycles. The first-order chi connectivity index (χ1) is 27.1. The lowest BCUT2D eigenvalue weighted by atomic mass is 9.75. The van der Waals surface area contributed by atoms with Crippen molar-refractivity contribution in [3.63, 3.8) is 0 Å². The van der Waals surface area contributed by atoms with Gasteiger partial charge in [-0.2, -0.15) is 0 Å². The molecule has 1 unspecified atom stereocenters. The monoisotopic (exact) mass is 704 g/mol. The number of allylic oxidation sites excluding steroid dienone is 4. The second-order valence-electron chi connectivity index (χ2n) is 14.5. The number of nitrogens with zero attached hydrogens (tertiary/aromatic N) is 4. The van der Waals surface area contributed by atoms with Crippen LogP contribution in [0.2, 0.25) is 0 Å². The number of hydrogen-bond acceptors (Lipinski definition) is 4. The van der Waals surface area contributed by atoms with E-state index < -0.39 is 0 Å². The van der Waals surface area contributed by atoms with Gasteiger partial charge in [-0.1, -0.05) is 189 Å². The van der Waals surface area contributed by atoms with Crippen molar-refractivity contribution in [3.05, 3.63) is 199 Å². The van der Waals surface area contributed by atoms with E-state index in [1.165, 1.54) is 43.6 Å². The van der Waals surface area contributed by atoms with Crippen molar-refractivity contribution in [2.75, 3.05) is 0 Å². The van der Waals surface area contributed by atoms with Crippen LogP contribution in [-0.4, -0.2) is 19.9 Å². The van der Waals surface area contributed by atoms with E-state index in [2.05, 4.69) is 134 Å². The lowest BCUT2D eigenvalue weighted by molar-refractivity contribution is 0.589. The lowest BCUT2D eigenvalue weighted by Crippen LogP contribution is -2.22. The van der Waals surface area contributed by atoms with Crippen LogP contribution in [0.5, 0.6) is 0 Å². The number of para-hydroxylation sites is 1. The quantitative estimate of drug-likeness (QED) is 0.162. The Morgan fingerprint density at radius 1 is 0.436 bits per heavy atom. The van der Waals surface area contributed by atoms with E-state index in [0.717, 1.165) is 39.9 Å². The van der Waals surface area contributed by atoms with Crippen LogP contribution in [0.3, 0.4) is 0 Å². The zero-order valence-electron chi connectivity index (χ0n) is 30.4. The molecule has 0 N–H and O–H groups in total. The fraction of sp³-hybridized carbons (Fsp3) is 0.0588. The third-order valence-electron chi connectivity index (χ3n) is 10.9. The van der Waals surface area contributed by atoms with Gasteiger partial charge < -0.3 is 0 Å². The average Bonchev–Trinajstić information content (AvgIpc) is 3.26. The molecule has 0 saturated carbocycles. The minimum atomic E-state index is -0.244. The van der Waals surface area contributed by atoms with Crippen LogP contribution in [0.4, 0.5) is 0 Å². The molecular formula is C51H36N4. The van der Waals surface area contributed by atoms with Gasteiger partial charge in [0.1, 0.15) is 0 Å². The third kappa shape index (κ3) is 5.89. The Morgan fingerprint density at radius 3 is 1.58 bits per heavy atom. The molecule has 260 valence electrons. The van der Waals surface area contributed by atoms with Gasteiger partial charge in [-0.3, -0.25) is 4.98 Å². The highest BCUT2D eigenvalue weighted by Crippen LogP contribution is 2.42. The summed E-state index contributed by atoms with van der Waals surface area (Å²) >= 11 is 0. The first kappa shape index (κ1) is 32.6. The van der Waals surface area contributed by atoms with E-state index in [1.54, 1.807) is 0 Å². The standard InChI is InChI=1S/C51H36N4/c1-51(47-44-22-9-8-20-42(44)43-21-10-11-25-45(43)52-47)32-30-35(31-33-51)41-24-13-19-36-18-12-23-40(46(36)41)34-26-28-39(29-27-34)50-54-48(37-14-4-2-5-15-37)53-49(55-50)38-16-6-3-7-17-38/h2-32H,33H2,1H3. The molecule has 1 aliphatic rings. The fourth-order valence-corrected chi connectivity index (χ4v) is 8.01. The van der Waals surface area contributed by atoms with Gasteiger partial charge in [0.25, 0.3) is 0 Å². The highest BCUT2D eigenvalue weighted by atomic mass is 15.0. The number of pyridine rings is 1. The molecule has 4 heteroatoms. The molecule has 0 saturated heterocycles. The Kier molecular flexibility index (Phi) is 7.96. The second-order valence-corrected chi connectivity index (χ2v) is 14.5. The summed E-state index contributed by atoms with van der Waals surface area (Å²) in [7, 11) is 0. The van der Waals surface area contributed by atoms with Gasteiger partial charge in [0.05, 0.1) is 11.2 Å². The minimum absolute atomic E-state index is 0.244. The molecule has 55 heavy (non-hydrogen) atoms. The van der Waals surface area contributed by atoms with E-state index in [9.17, 15) is 0 Å². The predicted octanol–water partition coefficient (Wildman–Crippen LogP) is 12.7. The first-order valence-electron chi connectivity index (χ1n) is 18.8. The number of fused-ring (bicyclic) bond motifs is 4. The number of benzene rings is 7. The Balaban J connectivity index is 1.02. The zero-order valence-corrected chi connectivity index (χ0v) is 30.4. The zero-order chi connectivity index (χ0) is 36.8. The van der Waals surface area contributed by atoms with Gasteiger partial charge >= 0.3 is 0 Å². The molecular weight excluding hydrogens is 669 g/mol. The van der Waals surface area contributed by atoms with Crippen molar-refractivity contribution >= 4 is 38.0 Å². The van der Waals surface area contributed by atoms with Crippen LogP contribution in [0, 0.1) is 0 Å². The van der Waals surface area contributed by atoms with Gasteiger partial charge in [-0.05, 0) is 50.9 Å². The van der Waals surface area contributed by atoms with Gasteiger partial charge in [-0.15, -0.1) is 0 Å². The molecule has 0 bridgehead atoms. The maximum absolute atomic E-state index is 5.28. The summed E-state index contributed by atoms with van der Waals surface area (Å²) < 4.78 is 0. The molecule has 0 aliphatic heterocycles. The average molecular weight is 705 g/mol. The summed E-state index contributed by atoms with van der Waals surface area (Å²) in [5.74, 6) is 1.95. The Hall–Kier alpha value is -7.04. The van der Waals surface area contributed by atoms with Gasteiger partial charge in [-0.25, -0.2) is 15.0 Å². The van der Waals surface area contributed by atoms with Gasteiger partial charge in [0, 0.05) is 32.9 Å². The SMILES string of the molecule is CC1(c2nc3ccccc3c3ccccc23)C=CC(c2cccc3cccc(-c4ccc(-c5nc(-c6ccccc6)nc(-c6ccccc6)n5)cc4)c23)=CC1. The van der Waals surface area contributed by atoms with Crippen molar-refractivity contribution in [1.29, 1.82) is 0 Å². The van der Waals surface area contributed by atoms with Crippen LogP contribution in [0.1, 0.15) is 24.6 Å². The van der Waals surface area contributed by atoms with Crippen molar-refractivity contribution in [2.45, 2.75) is 18.8 Å². The molecule has 10 rings (SSSR count). The number of hydrogen-bond donors (Lipinski definition) is 0. The summed E-state index contributed by atoms with van der Waals surface area (Å²) in [6.45, 7) is 2.31. The van der Waals surface area contributed by atoms with Crippen molar-refractivity contribution in [2.24, 2.45) is 0 Å². The number of rotatable bonds is 6. The molecule has 0 radical (unpaired) electrons. The molecule has 1 atom stereocenters. The van der Waals surface area contributed by atoms with Gasteiger partial charge in [0.15, 0.2) is 17.5 Å². The Bertz CT molecular complexity index is 2890. The molecule has 2 heterocycles. The largest absolute Gasteiger partial charge is 0.251 e. The Morgan fingerprint density at radius 2 is 0.964 bits per heavy atom. The molecule has 9 aromatic rings. The normalized spacial score (nSPS) is 15.4. The summed E-state index contributed by atoms with van der Waals surface area (Å²) in [4.78, 5) is 20.0. The maximum atomic E-state index is 5.28. The summed E-state index contributed by atoms with van der Waals surface area (Å²) in [5, 5.41) is 6.11. The molecule has 1 aliphatic carbocycles. The third-order valence-corrected chi connectivity index (χ3v) is 10.9. The summed E-state index contributed by atoms with van der Waals surface area (Å²) in [6, 6.07) is 59.2. The molecule has 0 spiro atoms. The topological polar surface area (TPSA) is 51.6 Å². The van der Waals surface area contributed by atoms with E-state index in [4.69, 9.17) is 19.9 Å². The fourth-order valence-electron chi connectivity index (χ4n) is 8.01. The summed E-state index contributed by atoms with van der Waals surface area (Å²) in [6.07, 6.45) is 7.92. The van der Waals surface area contributed by atoms with Gasteiger partial charge in [0.2, 0.25) is 0 Å². The Labute approximate surface area is 320 Å². The van der Waals surface area contributed by atoms with E-state index in [1.807, 2.05) is 60.7 Å². The van der Waals surface area contributed by atoms with E-state index >= 15 is 0 Å². The molecule has 0 fully saturated rings. The number of aromatic nitrogens is 4. The van der Waals surface area contributed by atoms with Crippen molar-refractivity contribution < 1.29 is 0 Å². The van der Waals surface area contributed by atoms with Crippen LogP contribution >= 0.6 is 0 Å². The second kappa shape index (κ2) is 13.4. The van der Waals surface area contributed by atoms with Crippen LogP contribution in [0.25, 0.3) is 83.3 Å². The minimum Gasteiger partial charge on any atom is -0.251 e. The highest BCUT2D eigenvalue weighted by Gasteiger charge is 2.30. The molecule has 4 nitrogen and oxygen atoms in total. The molecule has 0 amide bonds. The van der Waals surface area contributed by atoms with Crippen LogP contribution in [-0.2, 0) is 5.41 Å². The van der Waals surface area contributed by atoms with E-state index in [0.29, 0.717) is 17.5 Å². The smallest absolute Gasteiger partial charge is 0.164 e. The van der Waals surface area contributed by atoms with Crippen molar-refractivity contribution in [3.8, 4) is 45.3 Å². The van der Waals surface area contributed by atoms with Crippen LogP contribution in [0.15, 0.2) is 188 Å². The van der Waals surface area contributed by atoms with E-state index in [-0.39, 0.29) is 5.41 Å².